The van der Waals surface area contributed by atoms with Gasteiger partial charge in [0.05, 0.1) is 28.5 Å². The molecule has 158 valence electrons. The Bertz CT molecular complexity index is 1180. The van der Waals surface area contributed by atoms with Gasteiger partial charge in [-0.25, -0.2) is 4.68 Å². The lowest BCUT2D eigenvalue weighted by Gasteiger charge is -2.09. The number of nitrogens with one attached hydrogen (secondary N) is 2. The molecule has 0 spiro atoms. The van der Waals surface area contributed by atoms with Gasteiger partial charge in [-0.3, -0.25) is 9.59 Å². The first-order valence-corrected chi connectivity index (χ1v) is 9.74. The molecule has 0 saturated carbocycles. The molecule has 0 radical (unpaired) electrons. The fourth-order valence-electron chi connectivity index (χ4n) is 2.90. The van der Waals surface area contributed by atoms with Gasteiger partial charge in [0.1, 0.15) is 17.5 Å². The molecule has 31 heavy (non-hydrogen) atoms. The van der Waals surface area contributed by atoms with Crippen LogP contribution >= 0.6 is 11.6 Å². The Morgan fingerprint density at radius 2 is 1.90 bits per heavy atom. The molecule has 0 saturated heterocycles. The minimum absolute atomic E-state index is 0.0927. The van der Waals surface area contributed by atoms with E-state index in [0.29, 0.717) is 39.0 Å². The number of amides is 2. The maximum atomic E-state index is 12.1. The first kappa shape index (κ1) is 21.9. The third-order valence-electron chi connectivity index (χ3n) is 4.57. The second kappa shape index (κ2) is 9.32. The molecule has 1 heterocycles. The third kappa shape index (κ3) is 4.85. The molecule has 1 aromatic heterocycles. The van der Waals surface area contributed by atoms with Gasteiger partial charge in [-0.2, -0.15) is 10.4 Å². The Labute approximate surface area is 184 Å². The van der Waals surface area contributed by atoms with Crippen LogP contribution in [0.2, 0.25) is 5.02 Å². The lowest BCUT2D eigenvalue weighted by atomic mass is 10.2. The van der Waals surface area contributed by atoms with Gasteiger partial charge in [0.25, 0.3) is 5.91 Å². The molecular weight excluding hydrogens is 418 g/mol. The quantitative estimate of drug-likeness (QED) is 0.615. The number of carbonyl (C=O) groups excluding carboxylic acids is 2. The number of likely N-dealkylation sites (N-methyl/N-ethyl adjacent to an activating group) is 1. The van der Waals surface area contributed by atoms with Crippen molar-refractivity contribution < 1.29 is 14.3 Å². The molecular formula is C22H20ClN5O3. The zero-order chi connectivity index (χ0) is 22.5. The van der Waals surface area contributed by atoms with Gasteiger partial charge >= 0.3 is 0 Å². The van der Waals surface area contributed by atoms with Crippen LogP contribution in [0.4, 0.5) is 0 Å². The Balaban J connectivity index is 1.78. The second-order valence-electron chi connectivity index (χ2n) is 6.67. The summed E-state index contributed by atoms with van der Waals surface area (Å²) in [6.45, 7) is 3.59. The Kier molecular flexibility index (Phi) is 6.58. The standard InChI is InChI=1S/C22H20ClN5O3/c1-13-21(14(2)28(27-13)17-7-4-16(11-24)19(23)10-17)31-18-8-5-15(6-9-18)22(30)26-12-20(29)25-3/h4-10H,12H2,1-3H3,(H,25,29)(H,26,30). The van der Waals surface area contributed by atoms with Crippen LogP contribution in [-0.4, -0.2) is 35.2 Å². The summed E-state index contributed by atoms with van der Waals surface area (Å²) in [5.74, 6) is 0.483. The molecule has 2 aromatic carbocycles. The van der Waals surface area contributed by atoms with Crippen molar-refractivity contribution in [2.75, 3.05) is 13.6 Å². The summed E-state index contributed by atoms with van der Waals surface area (Å²) < 4.78 is 7.70. The van der Waals surface area contributed by atoms with Gasteiger partial charge in [-0.15, -0.1) is 0 Å². The SMILES string of the molecule is CNC(=O)CNC(=O)c1ccc(Oc2c(C)nn(-c3ccc(C#N)c(Cl)c3)c2C)cc1. The minimum atomic E-state index is -0.354. The third-order valence-corrected chi connectivity index (χ3v) is 4.88. The molecule has 0 aliphatic carbocycles. The van der Waals surface area contributed by atoms with Crippen molar-refractivity contribution >= 4 is 23.4 Å². The number of benzene rings is 2. The average Bonchev–Trinajstić information content (AvgIpc) is 3.05. The largest absolute Gasteiger partial charge is 0.453 e. The molecule has 2 N–H and O–H groups in total. The van der Waals surface area contributed by atoms with Crippen LogP contribution in [0.5, 0.6) is 11.5 Å². The molecule has 9 heteroatoms. The number of aryl methyl sites for hydroxylation is 1. The highest BCUT2D eigenvalue weighted by Gasteiger charge is 2.16. The van der Waals surface area contributed by atoms with Gasteiger partial charge in [-0.1, -0.05) is 11.6 Å². The van der Waals surface area contributed by atoms with Crippen LogP contribution < -0.4 is 15.4 Å². The number of halogens is 1. The molecule has 0 atom stereocenters. The average molecular weight is 438 g/mol. The zero-order valence-electron chi connectivity index (χ0n) is 17.2. The van der Waals surface area contributed by atoms with Crippen LogP contribution in [0, 0.1) is 25.2 Å². The molecule has 2 amide bonds. The number of nitriles is 1. The predicted molar refractivity (Wildman–Crippen MR) is 116 cm³/mol. The van der Waals surface area contributed by atoms with Crippen molar-refractivity contribution in [2.24, 2.45) is 0 Å². The maximum Gasteiger partial charge on any atom is 0.251 e. The molecule has 3 aromatic rings. The summed E-state index contributed by atoms with van der Waals surface area (Å²) in [7, 11) is 1.50. The van der Waals surface area contributed by atoms with Crippen LogP contribution in [0.3, 0.4) is 0 Å². The number of ether oxygens (including phenoxy) is 1. The molecule has 0 aliphatic heterocycles. The van der Waals surface area contributed by atoms with Crippen LogP contribution in [0.1, 0.15) is 27.3 Å². The van der Waals surface area contributed by atoms with E-state index in [4.69, 9.17) is 21.6 Å². The van der Waals surface area contributed by atoms with E-state index in [9.17, 15) is 9.59 Å². The zero-order valence-corrected chi connectivity index (χ0v) is 17.9. The van der Waals surface area contributed by atoms with Gasteiger partial charge in [0.15, 0.2) is 5.75 Å². The monoisotopic (exact) mass is 437 g/mol. The molecule has 0 fully saturated rings. The normalized spacial score (nSPS) is 10.3. The first-order valence-electron chi connectivity index (χ1n) is 9.37. The van der Waals surface area contributed by atoms with Crippen molar-refractivity contribution in [2.45, 2.75) is 13.8 Å². The highest BCUT2D eigenvalue weighted by Crippen LogP contribution is 2.31. The van der Waals surface area contributed by atoms with Gasteiger partial charge in [-0.05, 0) is 56.3 Å². The Morgan fingerprint density at radius 3 is 2.52 bits per heavy atom. The van der Waals surface area contributed by atoms with Crippen LogP contribution in [0.15, 0.2) is 42.5 Å². The van der Waals surface area contributed by atoms with Crippen LogP contribution in [-0.2, 0) is 4.79 Å². The number of rotatable bonds is 6. The summed E-state index contributed by atoms with van der Waals surface area (Å²) in [6.07, 6.45) is 0. The van der Waals surface area contributed by atoms with Crippen molar-refractivity contribution in [1.82, 2.24) is 20.4 Å². The topological polar surface area (TPSA) is 109 Å². The Hall–Kier alpha value is -3.83. The Morgan fingerprint density at radius 1 is 1.19 bits per heavy atom. The molecule has 0 bridgehead atoms. The summed E-state index contributed by atoms with van der Waals surface area (Å²) >= 11 is 6.15. The smallest absolute Gasteiger partial charge is 0.251 e. The van der Waals surface area contributed by atoms with Crippen molar-refractivity contribution in [3.8, 4) is 23.3 Å². The van der Waals surface area contributed by atoms with Crippen molar-refractivity contribution in [3.05, 3.63) is 70.0 Å². The molecule has 0 aliphatic rings. The van der Waals surface area contributed by atoms with Crippen molar-refractivity contribution in [3.63, 3.8) is 0 Å². The fourth-order valence-corrected chi connectivity index (χ4v) is 3.11. The van der Waals surface area contributed by atoms with E-state index in [1.165, 1.54) is 7.05 Å². The number of nitrogens with zero attached hydrogens (tertiary/aromatic N) is 3. The fraction of sp³-hybridized carbons (Fsp3) is 0.182. The number of carbonyl (C=O) groups is 2. The number of hydrogen-bond donors (Lipinski definition) is 2. The highest BCUT2D eigenvalue weighted by molar-refractivity contribution is 6.31. The summed E-state index contributed by atoms with van der Waals surface area (Å²) in [6, 6.07) is 13.7. The lowest BCUT2D eigenvalue weighted by molar-refractivity contribution is -0.119. The number of aromatic nitrogens is 2. The summed E-state index contributed by atoms with van der Waals surface area (Å²) in [5.41, 5.74) is 2.94. The number of hydrogen-bond acceptors (Lipinski definition) is 5. The highest BCUT2D eigenvalue weighted by atomic mass is 35.5. The van der Waals surface area contributed by atoms with Gasteiger partial charge < -0.3 is 15.4 Å². The van der Waals surface area contributed by atoms with Crippen molar-refractivity contribution in [1.29, 1.82) is 5.26 Å². The molecule has 0 unspecified atom stereocenters. The van der Waals surface area contributed by atoms with E-state index in [-0.39, 0.29) is 18.4 Å². The molecule has 8 nitrogen and oxygen atoms in total. The lowest BCUT2D eigenvalue weighted by Crippen LogP contribution is -2.35. The van der Waals surface area contributed by atoms with E-state index in [1.807, 2.05) is 19.9 Å². The van der Waals surface area contributed by atoms with E-state index in [0.717, 1.165) is 5.69 Å². The van der Waals surface area contributed by atoms with Gasteiger partial charge in [0, 0.05) is 12.6 Å². The minimum Gasteiger partial charge on any atom is -0.453 e. The predicted octanol–water partition coefficient (Wildman–Crippen LogP) is 3.28. The van der Waals surface area contributed by atoms with E-state index < -0.39 is 0 Å². The summed E-state index contributed by atoms with van der Waals surface area (Å²) in [5, 5.41) is 18.9. The van der Waals surface area contributed by atoms with E-state index in [1.54, 1.807) is 47.1 Å². The first-order chi connectivity index (χ1) is 14.8. The molecule has 3 rings (SSSR count). The van der Waals surface area contributed by atoms with E-state index in [2.05, 4.69) is 15.7 Å². The summed E-state index contributed by atoms with van der Waals surface area (Å²) in [4.78, 5) is 23.3. The van der Waals surface area contributed by atoms with E-state index >= 15 is 0 Å². The second-order valence-corrected chi connectivity index (χ2v) is 7.08. The van der Waals surface area contributed by atoms with Gasteiger partial charge in [0.2, 0.25) is 5.91 Å². The van der Waals surface area contributed by atoms with Crippen LogP contribution in [0.25, 0.3) is 5.69 Å². The maximum absolute atomic E-state index is 12.1.